The van der Waals surface area contributed by atoms with Crippen molar-refractivity contribution >= 4 is 29.2 Å². The zero-order chi connectivity index (χ0) is 14.5. The van der Waals surface area contributed by atoms with Crippen LogP contribution in [0.25, 0.3) is 0 Å². The Morgan fingerprint density at radius 1 is 1.32 bits per heavy atom. The number of alkyl halides is 1. The Morgan fingerprint density at radius 2 is 1.89 bits per heavy atom. The number of esters is 1. The van der Waals surface area contributed by atoms with Gasteiger partial charge in [-0.1, -0.05) is 43.1 Å². The molecular formula is C14H18ClNO3. The fourth-order valence-electron chi connectivity index (χ4n) is 1.84. The van der Waals surface area contributed by atoms with E-state index in [4.69, 9.17) is 11.6 Å². The lowest BCUT2D eigenvalue weighted by atomic mass is 10.0. The maximum atomic E-state index is 12.4. The number of amides is 1. The van der Waals surface area contributed by atoms with Crippen molar-refractivity contribution in [3.05, 3.63) is 30.3 Å². The van der Waals surface area contributed by atoms with Crippen molar-refractivity contribution in [3.8, 4) is 0 Å². The highest BCUT2D eigenvalue weighted by molar-refractivity contribution is 6.47. The molecule has 0 saturated carbocycles. The second-order valence-electron chi connectivity index (χ2n) is 4.24. The van der Waals surface area contributed by atoms with Gasteiger partial charge in [-0.3, -0.25) is 4.79 Å². The number of rotatable bonds is 5. The third kappa shape index (κ3) is 3.26. The van der Waals surface area contributed by atoms with Gasteiger partial charge in [0.2, 0.25) is 4.87 Å². The van der Waals surface area contributed by atoms with Crippen LogP contribution < -0.4 is 4.90 Å². The first-order chi connectivity index (χ1) is 8.97. The van der Waals surface area contributed by atoms with Crippen LogP contribution in [0.3, 0.4) is 0 Å². The summed E-state index contributed by atoms with van der Waals surface area (Å²) in [6.45, 7) is 1.86. The number of para-hydroxylation sites is 1. The highest BCUT2D eigenvalue weighted by Crippen LogP contribution is 2.28. The number of halogens is 1. The molecule has 0 saturated heterocycles. The Balaban J connectivity index is 3.04. The highest BCUT2D eigenvalue weighted by Gasteiger charge is 2.46. The van der Waals surface area contributed by atoms with Gasteiger partial charge in [0.1, 0.15) is 0 Å². The van der Waals surface area contributed by atoms with E-state index in [0.717, 1.165) is 0 Å². The molecule has 5 heteroatoms. The van der Waals surface area contributed by atoms with Crippen molar-refractivity contribution < 1.29 is 14.3 Å². The normalized spacial score (nSPS) is 13.5. The van der Waals surface area contributed by atoms with Gasteiger partial charge in [0.05, 0.1) is 7.11 Å². The standard InChI is InChI=1S/C14H18ClNO3/c1-4-10-14(15,13(18)19-3)12(17)16(2)11-8-6-5-7-9-11/h5-9H,4,10H2,1-3H3. The van der Waals surface area contributed by atoms with Gasteiger partial charge >= 0.3 is 5.97 Å². The number of carbonyl (C=O) groups excluding carboxylic acids is 2. The summed E-state index contributed by atoms with van der Waals surface area (Å²) in [6, 6.07) is 9.03. The molecule has 1 amide bonds. The Kier molecular flexibility index (Phi) is 5.36. The van der Waals surface area contributed by atoms with E-state index in [1.165, 1.54) is 12.0 Å². The second-order valence-corrected chi connectivity index (χ2v) is 4.89. The molecular weight excluding hydrogens is 266 g/mol. The van der Waals surface area contributed by atoms with Gasteiger partial charge in [-0.15, -0.1) is 0 Å². The molecule has 0 heterocycles. The van der Waals surface area contributed by atoms with Crippen molar-refractivity contribution in [1.29, 1.82) is 0 Å². The molecule has 1 rings (SSSR count). The zero-order valence-electron chi connectivity index (χ0n) is 11.4. The maximum Gasteiger partial charge on any atom is 0.336 e. The van der Waals surface area contributed by atoms with Crippen LogP contribution in [0.1, 0.15) is 19.8 Å². The molecule has 1 aromatic carbocycles. The second kappa shape index (κ2) is 6.57. The van der Waals surface area contributed by atoms with Crippen LogP contribution in [0, 0.1) is 0 Å². The van der Waals surface area contributed by atoms with E-state index in [2.05, 4.69) is 4.74 Å². The van der Waals surface area contributed by atoms with Crippen LogP contribution in [0.2, 0.25) is 0 Å². The minimum Gasteiger partial charge on any atom is -0.467 e. The van der Waals surface area contributed by atoms with Crippen LogP contribution in [0.5, 0.6) is 0 Å². The molecule has 4 nitrogen and oxygen atoms in total. The maximum absolute atomic E-state index is 12.4. The first-order valence-electron chi connectivity index (χ1n) is 6.08. The Hall–Kier alpha value is -1.55. The van der Waals surface area contributed by atoms with Crippen LogP contribution in [0.4, 0.5) is 5.69 Å². The lowest BCUT2D eigenvalue weighted by Gasteiger charge is -2.28. The molecule has 1 aromatic rings. The Bertz CT molecular complexity index is 449. The van der Waals surface area contributed by atoms with Crippen molar-refractivity contribution in [3.63, 3.8) is 0 Å². The molecule has 104 valence electrons. The molecule has 0 spiro atoms. The monoisotopic (exact) mass is 283 g/mol. The summed E-state index contributed by atoms with van der Waals surface area (Å²) in [4.78, 5) is 24.0. The molecule has 1 atom stereocenters. The topological polar surface area (TPSA) is 46.6 Å². The minimum atomic E-state index is -1.66. The molecule has 0 fully saturated rings. The summed E-state index contributed by atoms with van der Waals surface area (Å²) < 4.78 is 4.66. The number of hydrogen-bond acceptors (Lipinski definition) is 3. The highest BCUT2D eigenvalue weighted by atomic mass is 35.5. The molecule has 0 aliphatic rings. The van der Waals surface area contributed by atoms with Crippen LogP contribution in [-0.4, -0.2) is 30.9 Å². The van der Waals surface area contributed by atoms with Crippen LogP contribution in [-0.2, 0) is 14.3 Å². The number of methoxy groups -OCH3 is 1. The van der Waals surface area contributed by atoms with E-state index in [1.807, 2.05) is 25.1 Å². The largest absolute Gasteiger partial charge is 0.467 e. The summed E-state index contributed by atoms with van der Waals surface area (Å²) in [5.74, 6) is -1.20. The Morgan fingerprint density at radius 3 is 2.37 bits per heavy atom. The summed E-state index contributed by atoms with van der Waals surface area (Å²) in [5.41, 5.74) is 0.678. The number of anilines is 1. The summed E-state index contributed by atoms with van der Waals surface area (Å²) in [6.07, 6.45) is 0.838. The van der Waals surface area contributed by atoms with Crippen LogP contribution in [0.15, 0.2) is 30.3 Å². The average molecular weight is 284 g/mol. The molecule has 19 heavy (non-hydrogen) atoms. The number of benzene rings is 1. The summed E-state index contributed by atoms with van der Waals surface area (Å²) in [7, 11) is 2.82. The van der Waals surface area contributed by atoms with E-state index in [1.54, 1.807) is 19.2 Å². The van der Waals surface area contributed by atoms with E-state index in [9.17, 15) is 9.59 Å². The Labute approximate surface area is 118 Å². The van der Waals surface area contributed by atoms with Crippen molar-refractivity contribution in [2.45, 2.75) is 24.6 Å². The van der Waals surface area contributed by atoms with E-state index in [0.29, 0.717) is 12.1 Å². The number of nitrogens with zero attached hydrogens (tertiary/aromatic N) is 1. The zero-order valence-corrected chi connectivity index (χ0v) is 12.1. The van der Waals surface area contributed by atoms with E-state index < -0.39 is 16.8 Å². The number of ether oxygens (including phenoxy) is 1. The van der Waals surface area contributed by atoms with Crippen molar-refractivity contribution in [2.24, 2.45) is 0 Å². The fraction of sp³-hybridized carbons (Fsp3) is 0.429. The van der Waals surface area contributed by atoms with Crippen molar-refractivity contribution in [2.75, 3.05) is 19.1 Å². The molecule has 0 aromatic heterocycles. The van der Waals surface area contributed by atoms with Gasteiger partial charge in [-0.05, 0) is 18.6 Å². The summed E-state index contributed by atoms with van der Waals surface area (Å²) >= 11 is 6.22. The minimum absolute atomic E-state index is 0.233. The van der Waals surface area contributed by atoms with Gasteiger partial charge < -0.3 is 9.64 Å². The predicted molar refractivity (Wildman–Crippen MR) is 75.4 cm³/mol. The third-order valence-electron chi connectivity index (χ3n) is 2.89. The van der Waals surface area contributed by atoms with Gasteiger partial charge in [0.25, 0.3) is 5.91 Å². The third-order valence-corrected chi connectivity index (χ3v) is 3.40. The molecule has 0 N–H and O–H groups in total. The van der Waals surface area contributed by atoms with Gasteiger partial charge in [0, 0.05) is 12.7 Å². The molecule has 1 unspecified atom stereocenters. The summed E-state index contributed by atoms with van der Waals surface area (Å²) in [5, 5.41) is 0. The smallest absolute Gasteiger partial charge is 0.336 e. The lowest BCUT2D eigenvalue weighted by molar-refractivity contribution is -0.147. The molecule has 0 bridgehead atoms. The number of carbonyl (C=O) groups is 2. The lowest BCUT2D eigenvalue weighted by Crippen LogP contribution is -2.49. The van der Waals surface area contributed by atoms with Gasteiger partial charge in [-0.2, -0.15) is 0 Å². The fourth-order valence-corrected chi connectivity index (χ4v) is 2.23. The molecule has 0 aliphatic heterocycles. The van der Waals surface area contributed by atoms with E-state index in [-0.39, 0.29) is 6.42 Å². The quantitative estimate of drug-likeness (QED) is 0.474. The first-order valence-corrected chi connectivity index (χ1v) is 6.45. The van der Waals surface area contributed by atoms with Crippen LogP contribution >= 0.6 is 11.6 Å². The van der Waals surface area contributed by atoms with Gasteiger partial charge in [-0.25, -0.2) is 4.79 Å². The predicted octanol–water partition coefficient (Wildman–Crippen LogP) is 2.60. The number of hydrogen-bond donors (Lipinski definition) is 0. The average Bonchev–Trinajstić information content (AvgIpc) is 2.45. The molecule has 0 aliphatic carbocycles. The van der Waals surface area contributed by atoms with Gasteiger partial charge in [0.15, 0.2) is 0 Å². The SMILES string of the molecule is CCCC(Cl)(C(=O)OC)C(=O)N(C)c1ccccc1. The first kappa shape index (κ1) is 15.5. The van der Waals surface area contributed by atoms with E-state index >= 15 is 0 Å². The molecule has 0 radical (unpaired) electrons. The van der Waals surface area contributed by atoms with Crippen molar-refractivity contribution in [1.82, 2.24) is 0 Å².